The van der Waals surface area contributed by atoms with Gasteiger partial charge in [-0.25, -0.2) is 17.4 Å². The van der Waals surface area contributed by atoms with E-state index in [4.69, 9.17) is 5.73 Å². The number of likely N-dealkylation sites (tertiary alicyclic amines) is 1. The molecule has 4 N–H and O–H groups in total. The Bertz CT molecular complexity index is 1490. The number of carbonyl (C=O) groups is 2. The van der Waals surface area contributed by atoms with Crippen LogP contribution in [-0.4, -0.2) is 88.8 Å². The molecule has 42 heavy (non-hydrogen) atoms. The summed E-state index contributed by atoms with van der Waals surface area (Å²) in [6, 6.07) is 5.32. The standard InChI is InChI=1S/C30H43N7O4S/c1-19-27-26(16-30(2,3)33-29(27)39)37(34-19)22-8-9-24(28(31)38)25(15-22)32-21-10-13-36(14-11-21)42(40,41)23-5-4-12-35(18-23)17-20-6-7-20/h8-9,15,20-21,23,32H,4-7,10-14,16-18H2,1-3H3,(H2,31,38)(H,33,39). The summed E-state index contributed by atoms with van der Waals surface area (Å²) in [4.78, 5) is 27.5. The van der Waals surface area contributed by atoms with Crippen molar-refractivity contribution in [2.75, 3.05) is 38.0 Å². The normalized spacial score (nSPS) is 23.8. The molecule has 0 bridgehead atoms. The first-order valence-corrected chi connectivity index (χ1v) is 16.7. The number of hydrogen-bond acceptors (Lipinski definition) is 7. The number of piperidine rings is 2. The number of carbonyl (C=O) groups excluding carboxylic acids is 2. The number of aryl methyl sites for hydroxylation is 1. The Morgan fingerprint density at radius 2 is 1.88 bits per heavy atom. The quantitative estimate of drug-likeness (QED) is 0.424. The minimum absolute atomic E-state index is 0.0134. The van der Waals surface area contributed by atoms with Crippen LogP contribution in [0.1, 0.15) is 84.5 Å². The Kier molecular flexibility index (Phi) is 7.59. The average molecular weight is 598 g/mol. The molecule has 3 fully saturated rings. The zero-order chi connectivity index (χ0) is 29.8. The van der Waals surface area contributed by atoms with Crippen molar-refractivity contribution in [2.45, 2.75) is 82.5 Å². The number of rotatable bonds is 8. The maximum Gasteiger partial charge on any atom is 0.255 e. The zero-order valence-corrected chi connectivity index (χ0v) is 25.7. The Hall–Kier alpha value is -2.96. The highest BCUT2D eigenvalue weighted by Gasteiger charge is 2.39. The number of nitrogens with two attached hydrogens (primary N) is 1. The molecule has 1 atom stereocenters. The van der Waals surface area contributed by atoms with Gasteiger partial charge in [-0.2, -0.15) is 5.10 Å². The molecule has 228 valence electrons. The molecule has 1 aromatic heterocycles. The minimum atomic E-state index is -3.37. The number of anilines is 1. The van der Waals surface area contributed by atoms with Crippen molar-refractivity contribution in [3.63, 3.8) is 0 Å². The van der Waals surface area contributed by atoms with E-state index in [1.807, 2.05) is 26.8 Å². The lowest BCUT2D eigenvalue weighted by atomic mass is 9.90. The Labute approximate surface area is 248 Å². The van der Waals surface area contributed by atoms with Crippen LogP contribution in [-0.2, 0) is 16.4 Å². The molecule has 1 unspecified atom stereocenters. The Morgan fingerprint density at radius 1 is 1.14 bits per heavy atom. The van der Waals surface area contributed by atoms with Crippen LogP contribution in [0.4, 0.5) is 5.69 Å². The van der Waals surface area contributed by atoms with Gasteiger partial charge in [-0.3, -0.25) is 9.59 Å². The average Bonchev–Trinajstić information content (AvgIpc) is 3.68. The van der Waals surface area contributed by atoms with Gasteiger partial charge in [0.15, 0.2) is 0 Å². The van der Waals surface area contributed by atoms with E-state index in [-0.39, 0.29) is 17.2 Å². The molecule has 6 rings (SSSR count). The van der Waals surface area contributed by atoms with Gasteiger partial charge in [0.25, 0.3) is 11.8 Å². The maximum atomic E-state index is 13.6. The first-order valence-electron chi connectivity index (χ1n) is 15.2. The number of nitrogens with one attached hydrogen (secondary N) is 2. The second-order valence-corrected chi connectivity index (χ2v) is 15.5. The fraction of sp³-hybridized carbons (Fsp3) is 0.633. The first-order chi connectivity index (χ1) is 19.9. The molecule has 1 aliphatic carbocycles. The number of hydrogen-bond donors (Lipinski definition) is 3. The van der Waals surface area contributed by atoms with Gasteiger partial charge in [0.05, 0.1) is 33.5 Å². The van der Waals surface area contributed by atoms with Crippen LogP contribution in [0.25, 0.3) is 5.69 Å². The lowest BCUT2D eigenvalue weighted by Gasteiger charge is -2.38. The summed E-state index contributed by atoms with van der Waals surface area (Å²) >= 11 is 0. The Balaban J connectivity index is 1.17. The maximum absolute atomic E-state index is 13.6. The molecular weight excluding hydrogens is 554 g/mol. The third-order valence-electron chi connectivity index (χ3n) is 9.23. The van der Waals surface area contributed by atoms with Gasteiger partial charge in [0.1, 0.15) is 0 Å². The summed E-state index contributed by atoms with van der Waals surface area (Å²) in [5.74, 6) is 0.0742. The van der Waals surface area contributed by atoms with Crippen LogP contribution < -0.4 is 16.4 Å². The van der Waals surface area contributed by atoms with Gasteiger partial charge in [0.2, 0.25) is 10.0 Å². The van der Waals surface area contributed by atoms with Crippen LogP contribution in [0.2, 0.25) is 0 Å². The van der Waals surface area contributed by atoms with Crippen LogP contribution in [0.15, 0.2) is 18.2 Å². The van der Waals surface area contributed by atoms with Crippen molar-refractivity contribution >= 4 is 27.5 Å². The molecule has 0 radical (unpaired) electrons. The van der Waals surface area contributed by atoms with E-state index in [2.05, 4.69) is 20.6 Å². The summed E-state index contributed by atoms with van der Waals surface area (Å²) in [5.41, 5.74) is 9.07. The molecule has 4 heterocycles. The molecule has 1 aromatic carbocycles. The van der Waals surface area contributed by atoms with E-state index in [9.17, 15) is 18.0 Å². The molecule has 0 spiro atoms. The number of primary amides is 1. The predicted molar refractivity (Wildman–Crippen MR) is 161 cm³/mol. The number of amides is 2. The van der Waals surface area contributed by atoms with E-state index in [1.54, 1.807) is 21.1 Å². The van der Waals surface area contributed by atoms with Crippen LogP contribution >= 0.6 is 0 Å². The SMILES string of the molecule is Cc1nn(-c2ccc(C(N)=O)c(NC3CCN(S(=O)(=O)C4CCCN(CC5CC5)C4)CC3)c2)c2c1C(=O)NC(C)(C)C2. The zero-order valence-electron chi connectivity index (χ0n) is 24.9. The van der Waals surface area contributed by atoms with E-state index < -0.39 is 21.5 Å². The minimum Gasteiger partial charge on any atom is -0.382 e. The third-order valence-corrected chi connectivity index (χ3v) is 11.5. The molecular formula is C30H43N7O4S. The molecule has 2 saturated heterocycles. The summed E-state index contributed by atoms with van der Waals surface area (Å²) in [6.45, 7) is 9.35. The van der Waals surface area contributed by atoms with Gasteiger partial charge in [-0.1, -0.05) is 0 Å². The topological polar surface area (TPSA) is 143 Å². The summed E-state index contributed by atoms with van der Waals surface area (Å²) in [6.07, 6.45) is 6.08. The van der Waals surface area contributed by atoms with Crippen molar-refractivity contribution < 1.29 is 18.0 Å². The number of sulfonamides is 1. The molecule has 2 aromatic rings. The van der Waals surface area contributed by atoms with E-state index >= 15 is 0 Å². The molecule has 12 heteroatoms. The van der Waals surface area contributed by atoms with Gasteiger partial charge in [-0.05, 0) is 90.0 Å². The Morgan fingerprint density at radius 3 is 2.57 bits per heavy atom. The largest absolute Gasteiger partial charge is 0.382 e. The van der Waals surface area contributed by atoms with Crippen molar-refractivity contribution in [1.29, 1.82) is 0 Å². The molecule has 1 saturated carbocycles. The number of benzene rings is 1. The smallest absolute Gasteiger partial charge is 0.255 e. The molecule has 2 amide bonds. The fourth-order valence-corrected chi connectivity index (χ4v) is 8.86. The number of fused-ring (bicyclic) bond motifs is 1. The molecule has 11 nitrogen and oxygen atoms in total. The first kappa shape index (κ1) is 29.1. The van der Waals surface area contributed by atoms with Crippen LogP contribution in [0, 0.1) is 12.8 Å². The van der Waals surface area contributed by atoms with Crippen LogP contribution in [0.3, 0.4) is 0 Å². The summed E-state index contributed by atoms with van der Waals surface area (Å²) < 4.78 is 30.6. The van der Waals surface area contributed by atoms with E-state index in [0.717, 1.165) is 43.2 Å². The monoisotopic (exact) mass is 597 g/mol. The van der Waals surface area contributed by atoms with Crippen molar-refractivity contribution in [3.8, 4) is 5.69 Å². The van der Waals surface area contributed by atoms with E-state index in [1.165, 1.54) is 12.8 Å². The lowest BCUT2D eigenvalue weighted by molar-refractivity contribution is 0.0894. The van der Waals surface area contributed by atoms with Gasteiger partial charge < -0.3 is 21.3 Å². The lowest BCUT2D eigenvalue weighted by Crippen LogP contribution is -2.51. The number of nitrogens with zero attached hydrogens (tertiary/aromatic N) is 4. The van der Waals surface area contributed by atoms with Crippen LogP contribution in [0.5, 0.6) is 0 Å². The van der Waals surface area contributed by atoms with Gasteiger partial charge in [-0.15, -0.1) is 0 Å². The number of aromatic nitrogens is 2. The third kappa shape index (κ3) is 5.80. The van der Waals surface area contributed by atoms with Crippen molar-refractivity contribution in [2.24, 2.45) is 11.7 Å². The summed E-state index contributed by atoms with van der Waals surface area (Å²) in [5, 5.41) is 10.9. The molecule has 4 aliphatic rings. The summed E-state index contributed by atoms with van der Waals surface area (Å²) in [7, 11) is -3.37. The second-order valence-electron chi connectivity index (χ2n) is 13.3. The highest BCUT2D eigenvalue weighted by atomic mass is 32.2. The molecule has 3 aliphatic heterocycles. The predicted octanol–water partition coefficient (Wildman–Crippen LogP) is 2.42. The van der Waals surface area contributed by atoms with Gasteiger partial charge >= 0.3 is 0 Å². The van der Waals surface area contributed by atoms with Gasteiger partial charge in [0, 0.05) is 49.9 Å². The fourth-order valence-electron chi connectivity index (χ4n) is 6.85. The van der Waals surface area contributed by atoms with Crippen molar-refractivity contribution in [3.05, 3.63) is 40.7 Å². The van der Waals surface area contributed by atoms with E-state index in [0.29, 0.717) is 61.4 Å². The second kappa shape index (κ2) is 10.9. The highest BCUT2D eigenvalue weighted by Crippen LogP contribution is 2.33. The van der Waals surface area contributed by atoms with Crippen molar-refractivity contribution in [1.82, 2.24) is 24.3 Å². The highest BCUT2D eigenvalue weighted by molar-refractivity contribution is 7.89.